The highest BCUT2D eigenvalue weighted by Gasteiger charge is 2.30. The van der Waals surface area contributed by atoms with Gasteiger partial charge in [0.25, 0.3) is 5.91 Å². The van der Waals surface area contributed by atoms with Crippen molar-refractivity contribution in [1.29, 1.82) is 0 Å². The van der Waals surface area contributed by atoms with Gasteiger partial charge < -0.3 is 14.3 Å². The second kappa shape index (κ2) is 8.19. The Morgan fingerprint density at radius 3 is 2.55 bits per heavy atom. The first-order valence-corrected chi connectivity index (χ1v) is 9.37. The molecule has 1 amide bonds. The van der Waals surface area contributed by atoms with Gasteiger partial charge in [-0.15, -0.1) is 0 Å². The molecule has 3 aromatic rings. The molecule has 0 radical (unpaired) electrons. The number of benzene rings is 1. The van der Waals surface area contributed by atoms with E-state index in [0.29, 0.717) is 17.0 Å². The maximum absolute atomic E-state index is 13.1. The first kappa shape index (κ1) is 20.8. The number of carbonyl (C=O) groups excluding carboxylic acids is 1. The van der Waals surface area contributed by atoms with Crippen LogP contribution in [0.4, 0.5) is 13.2 Å². The Kier molecular flexibility index (Phi) is 5.86. The highest BCUT2D eigenvalue weighted by atomic mass is 19.4. The van der Waals surface area contributed by atoms with Gasteiger partial charge in [0.05, 0.1) is 18.4 Å². The van der Waals surface area contributed by atoms with E-state index in [9.17, 15) is 18.0 Å². The number of nitrogens with zero attached hydrogens (tertiary/aromatic N) is 1. The normalized spacial score (nSPS) is 11.7. The molecule has 0 aliphatic heterocycles. The molecule has 4 nitrogen and oxygen atoms in total. The molecule has 0 bridgehead atoms. The average Bonchev–Trinajstić information content (AvgIpc) is 3.26. The molecule has 0 aliphatic carbocycles. The Labute approximate surface area is 167 Å². The van der Waals surface area contributed by atoms with Crippen LogP contribution in [0.25, 0.3) is 0 Å². The van der Waals surface area contributed by atoms with Crippen LogP contribution in [-0.2, 0) is 25.7 Å². The minimum absolute atomic E-state index is 0.181. The van der Waals surface area contributed by atoms with E-state index in [-0.39, 0.29) is 19.0 Å². The van der Waals surface area contributed by atoms with Gasteiger partial charge in [-0.2, -0.15) is 13.2 Å². The maximum atomic E-state index is 13.1. The molecule has 2 aromatic heterocycles. The monoisotopic (exact) mass is 404 g/mol. The largest absolute Gasteiger partial charge is 0.467 e. The SMILES string of the molecule is CCc1c(C)c(C(=O)NCc2ccco2)n(Cc2cccc(C(F)(F)F)c2)c1C. The van der Waals surface area contributed by atoms with Crippen molar-refractivity contribution in [2.45, 2.75) is 46.5 Å². The predicted molar refractivity (Wildman–Crippen MR) is 104 cm³/mol. The van der Waals surface area contributed by atoms with Crippen molar-refractivity contribution < 1.29 is 22.4 Å². The molecular formula is C22H23F3N2O2. The third-order valence-corrected chi connectivity index (χ3v) is 5.09. The van der Waals surface area contributed by atoms with E-state index in [2.05, 4.69) is 5.32 Å². The molecule has 1 aromatic carbocycles. The van der Waals surface area contributed by atoms with Gasteiger partial charge in [-0.05, 0) is 61.2 Å². The Hall–Kier alpha value is -2.96. The van der Waals surface area contributed by atoms with E-state index in [1.165, 1.54) is 12.3 Å². The van der Waals surface area contributed by atoms with Gasteiger partial charge in [0.1, 0.15) is 11.5 Å². The third-order valence-electron chi connectivity index (χ3n) is 5.09. The molecule has 0 saturated heterocycles. The third kappa shape index (κ3) is 4.39. The van der Waals surface area contributed by atoms with Crippen LogP contribution in [0.5, 0.6) is 0 Å². The van der Waals surface area contributed by atoms with Gasteiger partial charge in [0.15, 0.2) is 0 Å². The summed E-state index contributed by atoms with van der Waals surface area (Å²) in [6.45, 7) is 6.17. The topological polar surface area (TPSA) is 47.2 Å². The van der Waals surface area contributed by atoms with E-state index >= 15 is 0 Å². The zero-order chi connectivity index (χ0) is 21.2. The van der Waals surface area contributed by atoms with Gasteiger partial charge in [0, 0.05) is 12.2 Å². The molecule has 1 N–H and O–H groups in total. The summed E-state index contributed by atoms with van der Waals surface area (Å²) in [4.78, 5) is 12.9. The van der Waals surface area contributed by atoms with Gasteiger partial charge in [0.2, 0.25) is 0 Å². The van der Waals surface area contributed by atoms with Gasteiger partial charge >= 0.3 is 6.18 Å². The molecule has 0 saturated carbocycles. The van der Waals surface area contributed by atoms with Crippen LogP contribution < -0.4 is 5.32 Å². The maximum Gasteiger partial charge on any atom is 0.416 e. The smallest absolute Gasteiger partial charge is 0.416 e. The molecule has 0 fully saturated rings. The van der Waals surface area contributed by atoms with Crippen molar-refractivity contribution >= 4 is 5.91 Å². The molecule has 29 heavy (non-hydrogen) atoms. The van der Waals surface area contributed by atoms with Crippen LogP contribution in [0, 0.1) is 13.8 Å². The Morgan fingerprint density at radius 1 is 1.17 bits per heavy atom. The van der Waals surface area contributed by atoms with Crippen molar-refractivity contribution in [2.24, 2.45) is 0 Å². The number of halogens is 3. The fourth-order valence-electron chi connectivity index (χ4n) is 3.65. The highest BCUT2D eigenvalue weighted by molar-refractivity contribution is 5.95. The van der Waals surface area contributed by atoms with Crippen LogP contribution in [0.2, 0.25) is 0 Å². The highest BCUT2D eigenvalue weighted by Crippen LogP contribution is 2.30. The summed E-state index contributed by atoms with van der Waals surface area (Å²) in [5.74, 6) is 0.341. The Bertz CT molecular complexity index is 1000. The summed E-state index contributed by atoms with van der Waals surface area (Å²) in [5, 5.41) is 2.84. The number of carbonyl (C=O) groups is 1. The number of rotatable bonds is 6. The molecule has 154 valence electrons. The second-order valence-corrected chi connectivity index (χ2v) is 6.94. The predicted octanol–water partition coefficient (Wildman–Crippen LogP) is 5.26. The first-order chi connectivity index (χ1) is 13.7. The fourth-order valence-corrected chi connectivity index (χ4v) is 3.65. The van der Waals surface area contributed by atoms with Crippen LogP contribution in [-0.4, -0.2) is 10.5 Å². The molecule has 0 unspecified atom stereocenters. The average molecular weight is 404 g/mol. The zero-order valence-electron chi connectivity index (χ0n) is 16.6. The zero-order valence-corrected chi connectivity index (χ0v) is 16.6. The second-order valence-electron chi connectivity index (χ2n) is 6.94. The number of aromatic nitrogens is 1. The molecule has 0 atom stereocenters. The molecule has 0 aliphatic rings. The Balaban J connectivity index is 1.94. The van der Waals surface area contributed by atoms with E-state index in [4.69, 9.17) is 4.42 Å². The van der Waals surface area contributed by atoms with Crippen molar-refractivity contribution in [3.8, 4) is 0 Å². The van der Waals surface area contributed by atoms with E-state index in [1.807, 2.05) is 20.8 Å². The fraction of sp³-hybridized carbons (Fsp3) is 0.318. The van der Waals surface area contributed by atoms with Crippen LogP contribution in [0.15, 0.2) is 47.1 Å². The van der Waals surface area contributed by atoms with Crippen LogP contribution in [0.3, 0.4) is 0 Å². The summed E-state index contributed by atoms with van der Waals surface area (Å²) < 4.78 is 46.2. The molecule has 3 rings (SSSR count). The van der Waals surface area contributed by atoms with Crippen molar-refractivity contribution in [2.75, 3.05) is 0 Å². The van der Waals surface area contributed by atoms with E-state index in [0.717, 1.165) is 35.4 Å². The lowest BCUT2D eigenvalue weighted by atomic mass is 10.1. The number of hydrogen-bond donors (Lipinski definition) is 1. The first-order valence-electron chi connectivity index (χ1n) is 9.37. The lowest BCUT2D eigenvalue weighted by Gasteiger charge is -2.14. The summed E-state index contributed by atoms with van der Waals surface area (Å²) >= 11 is 0. The number of amides is 1. The summed E-state index contributed by atoms with van der Waals surface area (Å²) in [6.07, 6.45) is -2.15. The minimum Gasteiger partial charge on any atom is -0.467 e. The van der Waals surface area contributed by atoms with E-state index in [1.54, 1.807) is 22.8 Å². The summed E-state index contributed by atoms with van der Waals surface area (Å²) in [6, 6.07) is 8.71. The van der Waals surface area contributed by atoms with Crippen molar-refractivity contribution in [3.05, 3.63) is 82.1 Å². The van der Waals surface area contributed by atoms with Gasteiger partial charge in [-0.1, -0.05) is 19.1 Å². The number of nitrogens with one attached hydrogen (secondary N) is 1. The standard InChI is InChI=1S/C22H23F3N2O2/c1-4-19-14(2)20(21(28)26-12-18-9-6-10-29-18)27(15(19)3)13-16-7-5-8-17(11-16)22(23,24)25/h5-11H,4,12-13H2,1-3H3,(H,26,28). The lowest BCUT2D eigenvalue weighted by molar-refractivity contribution is -0.137. The number of furan rings is 1. The molecule has 7 heteroatoms. The number of hydrogen-bond acceptors (Lipinski definition) is 2. The van der Waals surface area contributed by atoms with E-state index < -0.39 is 11.7 Å². The molecular weight excluding hydrogens is 381 g/mol. The van der Waals surface area contributed by atoms with Crippen molar-refractivity contribution in [1.82, 2.24) is 9.88 Å². The molecule has 0 spiro atoms. The Morgan fingerprint density at radius 2 is 1.93 bits per heavy atom. The lowest BCUT2D eigenvalue weighted by Crippen LogP contribution is -2.26. The van der Waals surface area contributed by atoms with Crippen LogP contribution >= 0.6 is 0 Å². The molecule has 2 heterocycles. The van der Waals surface area contributed by atoms with Gasteiger partial charge in [-0.25, -0.2) is 0 Å². The van der Waals surface area contributed by atoms with Gasteiger partial charge in [-0.3, -0.25) is 4.79 Å². The summed E-state index contributed by atoms with van der Waals surface area (Å²) in [7, 11) is 0. The summed E-state index contributed by atoms with van der Waals surface area (Å²) in [5.41, 5.74) is 3.00. The quantitative estimate of drug-likeness (QED) is 0.609. The van der Waals surface area contributed by atoms with Crippen LogP contribution in [0.1, 0.15) is 51.1 Å². The number of alkyl halides is 3. The minimum atomic E-state index is -4.41. The van der Waals surface area contributed by atoms with Crippen molar-refractivity contribution in [3.63, 3.8) is 0 Å².